The molecule has 0 aliphatic carbocycles. The summed E-state index contributed by atoms with van der Waals surface area (Å²) in [6.07, 6.45) is 2.40. The van der Waals surface area contributed by atoms with Crippen molar-refractivity contribution in [2.75, 3.05) is 5.88 Å². The van der Waals surface area contributed by atoms with Crippen molar-refractivity contribution in [3.05, 3.63) is 0 Å². The number of alkyl halides is 1. The van der Waals surface area contributed by atoms with E-state index in [1.165, 1.54) is 0 Å². The summed E-state index contributed by atoms with van der Waals surface area (Å²) in [7, 11) is 0. The van der Waals surface area contributed by atoms with Crippen molar-refractivity contribution in [2.24, 2.45) is 0 Å². The van der Waals surface area contributed by atoms with Gasteiger partial charge in [0.2, 0.25) is 0 Å². The lowest BCUT2D eigenvalue weighted by atomic mass is 10.2. The number of hydrogen-bond donors (Lipinski definition) is 1. The number of unbranched alkanes of at least 4 members (excludes halogenated alkanes) is 1. The van der Waals surface area contributed by atoms with Crippen molar-refractivity contribution < 1.29 is 13.6 Å². The number of aldehydes is 1. The van der Waals surface area contributed by atoms with Gasteiger partial charge in [0.1, 0.15) is 6.29 Å². The number of hydrogen-bond acceptors (Lipinski definition) is 2. The van der Waals surface area contributed by atoms with Gasteiger partial charge in [-0.2, -0.15) is 0 Å². The summed E-state index contributed by atoms with van der Waals surface area (Å²) in [5.74, 6) is 0.169. The second kappa shape index (κ2) is 6.76. The molecule has 0 aromatic carbocycles. The number of rotatable bonds is 6. The molecule has 0 radical (unpaired) electrons. The first-order valence-electron chi connectivity index (χ1n) is 3.31. The third kappa shape index (κ3) is 5.35. The molecule has 11 heavy (non-hydrogen) atoms. The molecule has 5 heteroatoms. The minimum atomic E-state index is -1.85. The molecule has 0 heterocycles. The molecule has 2 unspecified atom stereocenters. The zero-order chi connectivity index (χ0) is 8.69. The van der Waals surface area contributed by atoms with Crippen molar-refractivity contribution >= 4 is 29.0 Å². The standard InChI is InChI=1S/C6H11ClO3S/c7-5-6(11(9)10)3-1-2-4-8/h4,6H,1-3,5H2,(H,9,10). The van der Waals surface area contributed by atoms with Gasteiger partial charge in [0.25, 0.3) is 0 Å². The van der Waals surface area contributed by atoms with Gasteiger partial charge in [0.05, 0.1) is 5.25 Å². The molecule has 1 N–H and O–H groups in total. The second-order valence-electron chi connectivity index (χ2n) is 2.15. The van der Waals surface area contributed by atoms with Crippen LogP contribution in [0.2, 0.25) is 0 Å². The minimum Gasteiger partial charge on any atom is -0.306 e. The van der Waals surface area contributed by atoms with Crippen molar-refractivity contribution in [3.63, 3.8) is 0 Å². The highest BCUT2D eigenvalue weighted by Crippen LogP contribution is 2.06. The van der Waals surface area contributed by atoms with Gasteiger partial charge in [-0.05, 0) is 12.8 Å². The largest absolute Gasteiger partial charge is 0.306 e. The van der Waals surface area contributed by atoms with Crippen LogP contribution in [0.25, 0.3) is 0 Å². The molecule has 0 aliphatic rings. The Hall–Kier alpha value is 0.0700. The van der Waals surface area contributed by atoms with Crippen LogP contribution in [0.3, 0.4) is 0 Å². The lowest BCUT2D eigenvalue weighted by molar-refractivity contribution is -0.107. The first-order valence-corrected chi connectivity index (χ1v) is 5.02. The summed E-state index contributed by atoms with van der Waals surface area (Å²) in [4.78, 5) is 9.87. The first-order chi connectivity index (χ1) is 5.22. The molecule has 0 spiro atoms. The monoisotopic (exact) mass is 198 g/mol. The molecule has 0 bridgehead atoms. The minimum absolute atomic E-state index is 0.169. The molecule has 0 saturated carbocycles. The van der Waals surface area contributed by atoms with Crippen LogP contribution in [0, 0.1) is 0 Å². The zero-order valence-corrected chi connectivity index (χ0v) is 7.61. The van der Waals surface area contributed by atoms with E-state index in [0.717, 1.165) is 6.29 Å². The van der Waals surface area contributed by atoms with E-state index in [1.54, 1.807) is 0 Å². The maximum Gasteiger partial charge on any atom is 0.157 e. The molecule has 0 amide bonds. The second-order valence-corrected chi connectivity index (χ2v) is 3.68. The topological polar surface area (TPSA) is 54.4 Å². The predicted molar refractivity (Wildman–Crippen MR) is 45.2 cm³/mol. The van der Waals surface area contributed by atoms with Crippen LogP contribution in [-0.2, 0) is 15.9 Å². The fourth-order valence-corrected chi connectivity index (χ4v) is 1.61. The molecule has 0 aliphatic heterocycles. The fraction of sp³-hybridized carbons (Fsp3) is 0.833. The summed E-state index contributed by atoms with van der Waals surface area (Å²) < 4.78 is 19.1. The maximum atomic E-state index is 10.5. The molecule has 2 atom stereocenters. The highest BCUT2D eigenvalue weighted by molar-refractivity contribution is 7.80. The molecular weight excluding hydrogens is 188 g/mol. The number of carbonyl (C=O) groups is 1. The van der Waals surface area contributed by atoms with Crippen LogP contribution in [-0.4, -0.2) is 26.2 Å². The summed E-state index contributed by atoms with van der Waals surface area (Å²) in [6, 6.07) is 0. The lowest BCUT2D eigenvalue weighted by Gasteiger charge is -2.06. The van der Waals surface area contributed by atoms with E-state index in [9.17, 15) is 9.00 Å². The third-order valence-corrected chi connectivity index (χ3v) is 2.83. The lowest BCUT2D eigenvalue weighted by Crippen LogP contribution is -2.16. The molecular formula is C6H11ClO3S. The number of halogens is 1. The van der Waals surface area contributed by atoms with Crippen LogP contribution < -0.4 is 0 Å². The Morgan fingerprint density at radius 3 is 2.64 bits per heavy atom. The van der Waals surface area contributed by atoms with Crippen molar-refractivity contribution in [1.82, 2.24) is 0 Å². The Labute approximate surface area is 73.4 Å². The highest BCUT2D eigenvalue weighted by atomic mass is 35.5. The molecule has 0 aromatic rings. The summed E-state index contributed by atoms with van der Waals surface area (Å²) in [5.41, 5.74) is 0. The van der Waals surface area contributed by atoms with Gasteiger partial charge in [-0.15, -0.1) is 11.6 Å². The average molecular weight is 199 g/mol. The summed E-state index contributed by atoms with van der Waals surface area (Å²) in [6.45, 7) is 0. The Bertz CT molecular complexity index is 140. The van der Waals surface area contributed by atoms with Gasteiger partial charge < -0.3 is 9.35 Å². The fourth-order valence-electron chi connectivity index (χ4n) is 0.661. The van der Waals surface area contributed by atoms with E-state index in [2.05, 4.69) is 0 Å². The van der Waals surface area contributed by atoms with E-state index in [1.807, 2.05) is 0 Å². The molecule has 66 valence electrons. The van der Waals surface area contributed by atoms with Gasteiger partial charge in [-0.25, -0.2) is 4.21 Å². The van der Waals surface area contributed by atoms with E-state index in [-0.39, 0.29) is 5.88 Å². The van der Waals surface area contributed by atoms with Crippen LogP contribution in [0.15, 0.2) is 0 Å². The van der Waals surface area contributed by atoms with E-state index in [4.69, 9.17) is 16.2 Å². The Morgan fingerprint density at radius 1 is 1.64 bits per heavy atom. The van der Waals surface area contributed by atoms with Gasteiger partial charge in [0, 0.05) is 12.3 Å². The van der Waals surface area contributed by atoms with Gasteiger partial charge in [-0.3, -0.25) is 0 Å². The van der Waals surface area contributed by atoms with Crippen molar-refractivity contribution in [1.29, 1.82) is 0 Å². The van der Waals surface area contributed by atoms with E-state index in [0.29, 0.717) is 19.3 Å². The first kappa shape index (κ1) is 11.1. The van der Waals surface area contributed by atoms with Crippen LogP contribution in [0.5, 0.6) is 0 Å². The Kier molecular flexibility index (Phi) is 6.80. The maximum absolute atomic E-state index is 10.5. The number of carbonyl (C=O) groups excluding carboxylic acids is 1. The Balaban J connectivity index is 3.52. The smallest absolute Gasteiger partial charge is 0.157 e. The summed E-state index contributed by atoms with van der Waals surface area (Å²) in [5, 5.41) is -0.392. The van der Waals surface area contributed by atoms with Crippen molar-refractivity contribution in [3.8, 4) is 0 Å². The summed E-state index contributed by atoms with van der Waals surface area (Å²) >= 11 is 3.55. The SMILES string of the molecule is O=CCCCC(CCl)S(=O)O. The molecule has 0 saturated heterocycles. The van der Waals surface area contributed by atoms with Gasteiger partial charge in [-0.1, -0.05) is 0 Å². The van der Waals surface area contributed by atoms with Crippen molar-refractivity contribution in [2.45, 2.75) is 24.5 Å². The third-order valence-electron chi connectivity index (χ3n) is 1.31. The zero-order valence-electron chi connectivity index (χ0n) is 6.03. The van der Waals surface area contributed by atoms with Crippen LogP contribution in [0.1, 0.15) is 19.3 Å². The Morgan fingerprint density at radius 2 is 2.27 bits per heavy atom. The predicted octanol–water partition coefficient (Wildman–Crippen LogP) is 1.18. The van der Waals surface area contributed by atoms with Crippen LogP contribution >= 0.6 is 11.6 Å². The van der Waals surface area contributed by atoms with E-state index < -0.39 is 16.3 Å². The average Bonchev–Trinajstić information content (AvgIpc) is 1.97. The molecule has 0 rings (SSSR count). The normalized spacial score (nSPS) is 15.8. The molecule has 0 fully saturated rings. The highest BCUT2D eigenvalue weighted by Gasteiger charge is 2.12. The van der Waals surface area contributed by atoms with E-state index >= 15 is 0 Å². The van der Waals surface area contributed by atoms with Crippen LogP contribution in [0.4, 0.5) is 0 Å². The quantitative estimate of drug-likeness (QED) is 0.302. The van der Waals surface area contributed by atoms with Gasteiger partial charge in [0.15, 0.2) is 11.1 Å². The molecule has 0 aromatic heterocycles. The van der Waals surface area contributed by atoms with Gasteiger partial charge >= 0.3 is 0 Å². The molecule has 3 nitrogen and oxygen atoms in total.